The number of furan rings is 1. The number of nitrogens with two attached hydrogens (primary N) is 1. The third-order valence-corrected chi connectivity index (χ3v) is 3.15. The third kappa shape index (κ3) is 3.39. The van der Waals surface area contributed by atoms with Crippen molar-refractivity contribution in [2.45, 2.75) is 12.5 Å². The molecule has 0 aliphatic rings. The highest BCUT2D eigenvalue weighted by molar-refractivity contribution is 6.32. The second-order valence-corrected chi connectivity index (χ2v) is 4.75. The second-order valence-electron chi connectivity index (χ2n) is 4.34. The van der Waals surface area contributed by atoms with Crippen molar-refractivity contribution in [2.24, 2.45) is 5.73 Å². The highest BCUT2D eigenvalue weighted by atomic mass is 35.5. The number of aliphatic carboxylic acids is 1. The fourth-order valence-electron chi connectivity index (χ4n) is 1.75. The van der Waals surface area contributed by atoms with Crippen LogP contribution in [0.15, 0.2) is 34.7 Å². The summed E-state index contributed by atoms with van der Waals surface area (Å²) < 4.78 is 5.46. The van der Waals surface area contributed by atoms with Crippen LogP contribution in [0.2, 0.25) is 5.02 Å². The lowest BCUT2D eigenvalue weighted by atomic mass is 10.1. The zero-order chi connectivity index (χ0) is 15.6. The van der Waals surface area contributed by atoms with Crippen molar-refractivity contribution in [3.05, 3.63) is 51.2 Å². The van der Waals surface area contributed by atoms with Gasteiger partial charge in [-0.2, -0.15) is 0 Å². The number of hydrogen-bond donors (Lipinski definition) is 2. The highest BCUT2D eigenvalue weighted by Gasteiger charge is 2.17. The Morgan fingerprint density at radius 1 is 1.43 bits per heavy atom. The van der Waals surface area contributed by atoms with Gasteiger partial charge in [0.1, 0.15) is 22.6 Å². The summed E-state index contributed by atoms with van der Waals surface area (Å²) in [5.74, 6) is -0.366. The Kier molecular flexibility index (Phi) is 4.25. The molecule has 110 valence electrons. The molecule has 2 rings (SSSR count). The van der Waals surface area contributed by atoms with Crippen molar-refractivity contribution in [1.82, 2.24) is 0 Å². The molecule has 21 heavy (non-hydrogen) atoms. The lowest BCUT2D eigenvalue weighted by Crippen LogP contribution is -2.32. The fraction of sp³-hybridized carbons (Fsp3) is 0.154. The van der Waals surface area contributed by atoms with Gasteiger partial charge in [-0.15, -0.1) is 0 Å². The van der Waals surface area contributed by atoms with E-state index < -0.39 is 16.9 Å². The molecule has 0 spiro atoms. The number of nitrogens with zero attached hydrogens (tertiary/aromatic N) is 1. The number of carboxylic acids is 1. The number of nitro benzene ring substituents is 1. The predicted molar refractivity (Wildman–Crippen MR) is 75.1 cm³/mol. The van der Waals surface area contributed by atoms with Crippen LogP contribution in [0.25, 0.3) is 11.3 Å². The Morgan fingerprint density at radius 2 is 2.14 bits per heavy atom. The number of rotatable bonds is 5. The molecule has 0 fully saturated rings. The molecule has 8 heteroatoms. The van der Waals surface area contributed by atoms with Gasteiger partial charge in [0.25, 0.3) is 5.69 Å². The molecule has 1 aromatic heterocycles. The SMILES string of the molecule is NC(Cc1ccc(-c2ccc(Cl)c([N+](=O)[O-])c2)o1)C(=O)O. The smallest absolute Gasteiger partial charge is 0.320 e. The minimum absolute atomic E-state index is 0.0310. The quantitative estimate of drug-likeness (QED) is 0.646. The van der Waals surface area contributed by atoms with E-state index in [1.807, 2.05) is 0 Å². The Labute approximate surface area is 124 Å². The lowest BCUT2D eigenvalue weighted by Gasteiger charge is -2.03. The summed E-state index contributed by atoms with van der Waals surface area (Å²) in [6.07, 6.45) is 0.0328. The lowest BCUT2D eigenvalue weighted by molar-refractivity contribution is -0.384. The first-order chi connectivity index (χ1) is 9.88. The molecule has 1 aromatic carbocycles. The number of benzene rings is 1. The van der Waals surface area contributed by atoms with E-state index in [0.717, 1.165) is 0 Å². The van der Waals surface area contributed by atoms with Gasteiger partial charge in [-0.3, -0.25) is 14.9 Å². The Hall–Kier alpha value is -2.38. The van der Waals surface area contributed by atoms with E-state index in [9.17, 15) is 14.9 Å². The fourth-order valence-corrected chi connectivity index (χ4v) is 1.94. The topological polar surface area (TPSA) is 120 Å². The highest BCUT2D eigenvalue weighted by Crippen LogP contribution is 2.31. The summed E-state index contributed by atoms with van der Waals surface area (Å²) in [5.41, 5.74) is 5.66. The van der Waals surface area contributed by atoms with Gasteiger partial charge in [-0.05, 0) is 24.3 Å². The standard InChI is InChI=1S/C13H11ClN2O5/c14-9-3-1-7(5-11(9)16(19)20)12-4-2-8(21-12)6-10(15)13(17)18/h1-5,10H,6,15H2,(H,17,18). The number of carbonyl (C=O) groups is 1. The van der Waals surface area contributed by atoms with Crippen LogP contribution in [0.5, 0.6) is 0 Å². The van der Waals surface area contributed by atoms with E-state index >= 15 is 0 Å². The first-order valence-corrected chi connectivity index (χ1v) is 6.27. The molecule has 0 aliphatic heterocycles. The average Bonchev–Trinajstić information content (AvgIpc) is 2.87. The van der Waals surface area contributed by atoms with Crippen LogP contribution in [-0.4, -0.2) is 22.0 Å². The van der Waals surface area contributed by atoms with E-state index in [0.29, 0.717) is 17.1 Å². The molecule has 0 bridgehead atoms. The molecule has 0 amide bonds. The van der Waals surface area contributed by atoms with E-state index in [1.54, 1.807) is 18.2 Å². The number of hydrogen-bond acceptors (Lipinski definition) is 5. The summed E-state index contributed by atoms with van der Waals surface area (Å²) in [5, 5.41) is 19.6. The van der Waals surface area contributed by atoms with Crippen molar-refractivity contribution < 1.29 is 19.2 Å². The molecule has 0 saturated carbocycles. The molecular weight excluding hydrogens is 300 g/mol. The maximum Gasteiger partial charge on any atom is 0.320 e. The summed E-state index contributed by atoms with van der Waals surface area (Å²) in [6.45, 7) is 0. The normalized spacial score (nSPS) is 12.1. The van der Waals surface area contributed by atoms with Crippen LogP contribution in [-0.2, 0) is 11.2 Å². The van der Waals surface area contributed by atoms with Crippen LogP contribution in [0.3, 0.4) is 0 Å². The number of nitro groups is 1. The first-order valence-electron chi connectivity index (χ1n) is 5.90. The summed E-state index contributed by atoms with van der Waals surface area (Å²) in [7, 11) is 0. The van der Waals surface area contributed by atoms with Gasteiger partial charge in [-0.25, -0.2) is 0 Å². The van der Waals surface area contributed by atoms with Crippen molar-refractivity contribution >= 4 is 23.3 Å². The van der Waals surface area contributed by atoms with Gasteiger partial charge in [0.2, 0.25) is 0 Å². The molecular formula is C13H11ClN2O5. The zero-order valence-electron chi connectivity index (χ0n) is 10.7. The molecule has 0 aliphatic carbocycles. The van der Waals surface area contributed by atoms with E-state index in [-0.39, 0.29) is 17.1 Å². The number of carboxylic acid groups (broad SMARTS) is 1. The van der Waals surface area contributed by atoms with Crippen LogP contribution in [0.4, 0.5) is 5.69 Å². The Bertz CT molecular complexity index is 698. The van der Waals surface area contributed by atoms with Gasteiger partial charge in [0, 0.05) is 18.1 Å². The molecule has 1 heterocycles. The second kappa shape index (κ2) is 5.94. The van der Waals surface area contributed by atoms with Crippen molar-refractivity contribution in [3.8, 4) is 11.3 Å². The van der Waals surface area contributed by atoms with E-state index in [4.69, 9.17) is 26.9 Å². The molecule has 1 atom stereocenters. The van der Waals surface area contributed by atoms with Crippen LogP contribution < -0.4 is 5.73 Å². The Balaban J connectivity index is 2.27. The molecule has 0 radical (unpaired) electrons. The molecule has 3 N–H and O–H groups in total. The van der Waals surface area contributed by atoms with E-state index in [1.165, 1.54) is 12.1 Å². The van der Waals surface area contributed by atoms with Gasteiger partial charge in [0.05, 0.1) is 4.92 Å². The van der Waals surface area contributed by atoms with Crippen molar-refractivity contribution in [2.75, 3.05) is 0 Å². The van der Waals surface area contributed by atoms with Gasteiger partial charge < -0.3 is 15.3 Å². The number of halogens is 1. The Morgan fingerprint density at radius 3 is 2.76 bits per heavy atom. The van der Waals surface area contributed by atoms with Crippen LogP contribution >= 0.6 is 11.6 Å². The minimum Gasteiger partial charge on any atom is -0.480 e. The first kappa shape index (κ1) is 15.0. The van der Waals surface area contributed by atoms with Gasteiger partial charge >= 0.3 is 5.97 Å². The monoisotopic (exact) mass is 310 g/mol. The molecule has 0 saturated heterocycles. The van der Waals surface area contributed by atoms with E-state index in [2.05, 4.69) is 0 Å². The molecule has 2 aromatic rings. The maximum atomic E-state index is 10.8. The third-order valence-electron chi connectivity index (χ3n) is 2.83. The average molecular weight is 311 g/mol. The zero-order valence-corrected chi connectivity index (χ0v) is 11.4. The summed E-state index contributed by atoms with van der Waals surface area (Å²) in [4.78, 5) is 20.9. The predicted octanol–water partition coefficient (Wildman–Crippen LogP) is 2.46. The van der Waals surface area contributed by atoms with Gasteiger partial charge in [-0.1, -0.05) is 11.6 Å². The minimum atomic E-state index is -1.13. The maximum absolute atomic E-state index is 10.8. The van der Waals surface area contributed by atoms with Crippen LogP contribution in [0.1, 0.15) is 5.76 Å². The van der Waals surface area contributed by atoms with Crippen molar-refractivity contribution in [3.63, 3.8) is 0 Å². The van der Waals surface area contributed by atoms with Gasteiger partial charge in [0.15, 0.2) is 0 Å². The summed E-state index contributed by atoms with van der Waals surface area (Å²) >= 11 is 5.73. The largest absolute Gasteiger partial charge is 0.480 e. The summed E-state index contributed by atoms with van der Waals surface area (Å²) in [6, 6.07) is 6.39. The molecule has 7 nitrogen and oxygen atoms in total. The van der Waals surface area contributed by atoms with Crippen molar-refractivity contribution in [1.29, 1.82) is 0 Å². The van der Waals surface area contributed by atoms with Crippen LogP contribution in [0, 0.1) is 10.1 Å². The molecule has 1 unspecified atom stereocenters.